The summed E-state index contributed by atoms with van der Waals surface area (Å²) in [6.07, 6.45) is 3.72. The number of benzene rings is 1. The second-order valence-electron chi connectivity index (χ2n) is 5.02. The van der Waals surface area contributed by atoms with Crippen LogP contribution in [0.1, 0.15) is 11.1 Å². The predicted molar refractivity (Wildman–Crippen MR) is 79.1 cm³/mol. The van der Waals surface area contributed by atoms with E-state index >= 15 is 0 Å². The van der Waals surface area contributed by atoms with Crippen molar-refractivity contribution < 1.29 is 9.13 Å². The van der Waals surface area contributed by atoms with Crippen LogP contribution >= 0.6 is 0 Å². The lowest BCUT2D eigenvalue weighted by molar-refractivity contribution is 0.356. The van der Waals surface area contributed by atoms with Crippen LogP contribution in [0.25, 0.3) is 5.65 Å². The van der Waals surface area contributed by atoms with Crippen molar-refractivity contribution in [1.29, 1.82) is 0 Å². The van der Waals surface area contributed by atoms with Crippen LogP contribution in [0.15, 0.2) is 24.7 Å². The Hall–Kier alpha value is -2.64. The van der Waals surface area contributed by atoms with Gasteiger partial charge in [0, 0.05) is 30.3 Å². The van der Waals surface area contributed by atoms with Crippen molar-refractivity contribution in [3.05, 3.63) is 41.6 Å². The first kappa shape index (κ1) is 13.1. The number of nitrogens with zero attached hydrogens (tertiary/aromatic N) is 4. The van der Waals surface area contributed by atoms with Gasteiger partial charge >= 0.3 is 0 Å². The van der Waals surface area contributed by atoms with Crippen LogP contribution < -0.4 is 15.5 Å². The summed E-state index contributed by atoms with van der Waals surface area (Å²) in [7, 11) is 5.78. The van der Waals surface area contributed by atoms with Gasteiger partial charge in [0.05, 0.1) is 6.61 Å². The van der Waals surface area contributed by atoms with Crippen LogP contribution in [-0.4, -0.2) is 34.0 Å². The maximum absolute atomic E-state index is 14.1. The van der Waals surface area contributed by atoms with E-state index in [4.69, 9.17) is 12.6 Å². The van der Waals surface area contributed by atoms with Crippen molar-refractivity contribution in [2.24, 2.45) is 0 Å². The Kier molecular flexibility index (Phi) is 2.95. The lowest BCUT2D eigenvalue weighted by atomic mass is 10.00. The third-order valence-electron chi connectivity index (χ3n) is 3.72. The summed E-state index contributed by atoms with van der Waals surface area (Å²) in [5.74, 6) is 0.996. The van der Waals surface area contributed by atoms with E-state index < -0.39 is 0 Å². The average Bonchev–Trinajstić information content (AvgIpc) is 3.17. The number of nitrogens with one attached hydrogen (secondary N) is 1. The quantitative estimate of drug-likeness (QED) is 0.717. The van der Waals surface area contributed by atoms with Crippen LogP contribution in [0.3, 0.4) is 0 Å². The highest BCUT2D eigenvalue weighted by molar-refractivity contribution is 6.36. The molecule has 3 heterocycles. The van der Waals surface area contributed by atoms with Gasteiger partial charge in [-0.25, -0.2) is 9.37 Å². The van der Waals surface area contributed by atoms with Gasteiger partial charge in [0.25, 0.3) is 0 Å². The number of halogens is 1. The molecule has 2 aromatic heterocycles. The molecular formula is C14H11BFN5O. The van der Waals surface area contributed by atoms with Crippen molar-refractivity contribution in [2.75, 3.05) is 11.9 Å². The van der Waals surface area contributed by atoms with Crippen molar-refractivity contribution >= 4 is 24.9 Å². The zero-order valence-electron chi connectivity index (χ0n) is 11.6. The van der Waals surface area contributed by atoms with Gasteiger partial charge < -0.3 is 10.1 Å². The lowest BCUT2D eigenvalue weighted by Crippen LogP contribution is -2.15. The molecule has 0 amide bonds. The van der Waals surface area contributed by atoms with Crippen LogP contribution in [0.2, 0.25) is 0 Å². The van der Waals surface area contributed by atoms with E-state index in [0.717, 1.165) is 11.3 Å². The standard InChI is InChI=1S/C14H11BFN5O/c15-10-6-18-14(21-7-19-20-13(10)21)17-5-9-8-3-4-22-12(8)2-1-11(9)16/h1-2,6-7H,3-5H2,(H,17,18). The summed E-state index contributed by atoms with van der Waals surface area (Å²) < 4.78 is 21.2. The molecule has 0 saturated heterocycles. The molecule has 0 spiro atoms. The Morgan fingerprint density at radius 1 is 1.41 bits per heavy atom. The van der Waals surface area contributed by atoms with E-state index in [9.17, 15) is 4.39 Å². The second-order valence-corrected chi connectivity index (χ2v) is 5.02. The van der Waals surface area contributed by atoms with Gasteiger partial charge in [0.15, 0.2) is 5.65 Å². The summed E-state index contributed by atoms with van der Waals surface area (Å²) in [5.41, 5.74) is 2.45. The molecule has 0 bridgehead atoms. The molecule has 6 nitrogen and oxygen atoms in total. The van der Waals surface area contributed by atoms with Crippen molar-refractivity contribution in [3.63, 3.8) is 0 Å². The first-order valence-electron chi connectivity index (χ1n) is 6.85. The minimum atomic E-state index is -0.257. The molecular weight excluding hydrogens is 284 g/mol. The summed E-state index contributed by atoms with van der Waals surface area (Å²) in [4.78, 5) is 4.21. The molecule has 0 aliphatic carbocycles. The van der Waals surface area contributed by atoms with Crippen molar-refractivity contribution in [3.8, 4) is 5.75 Å². The normalized spacial score (nSPS) is 13.1. The van der Waals surface area contributed by atoms with Gasteiger partial charge in [0.2, 0.25) is 5.95 Å². The third-order valence-corrected chi connectivity index (χ3v) is 3.72. The Labute approximate surface area is 126 Å². The van der Waals surface area contributed by atoms with E-state index in [1.807, 2.05) is 0 Å². The molecule has 3 aromatic rings. The predicted octanol–water partition coefficient (Wildman–Crippen LogP) is 0.604. The Bertz CT molecular complexity index is 866. The Morgan fingerprint density at radius 2 is 2.32 bits per heavy atom. The fourth-order valence-electron chi connectivity index (χ4n) is 2.64. The largest absolute Gasteiger partial charge is 0.493 e. The zero-order valence-corrected chi connectivity index (χ0v) is 11.6. The molecule has 0 saturated carbocycles. The highest BCUT2D eigenvalue weighted by Gasteiger charge is 2.19. The molecule has 1 aliphatic heterocycles. The molecule has 1 N–H and O–H groups in total. The van der Waals surface area contributed by atoms with E-state index in [1.54, 1.807) is 10.5 Å². The number of rotatable bonds is 3. The minimum Gasteiger partial charge on any atom is -0.493 e. The fourth-order valence-corrected chi connectivity index (χ4v) is 2.64. The molecule has 0 fully saturated rings. The first-order chi connectivity index (χ1) is 10.7. The average molecular weight is 295 g/mol. The Morgan fingerprint density at radius 3 is 3.23 bits per heavy atom. The van der Waals surface area contributed by atoms with E-state index in [1.165, 1.54) is 18.6 Å². The van der Waals surface area contributed by atoms with E-state index in [-0.39, 0.29) is 5.82 Å². The van der Waals surface area contributed by atoms with Gasteiger partial charge in [-0.3, -0.25) is 4.40 Å². The number of hydrogen-bond donors (Lipinski definition) is 1. The maximum atomic E-state index is 14.1. The molecule has 0 atom stereocenters. The number of fused-ring (bicyclic) bond motifs is 2. The first-order valence-corrected chi connectivity index (χ1v) is 6.85. The van der Waals surface area contributed by atoms with Gasteiger partial charge in [0.1, 0.15) is 25.7 Å². The van der Waals surface area contributed by atoms with Crippen molar-refractivity contribution in [1.82, 2.24) is 19.6 Å². The highest BCUT2D eigenvalue weighted by atomic mass is 19.1. The molecule has 0 unspecified atom stereocenters. The topological polar surface area (TPSA) is 64.3 Å². The number of aromatic nitrogens is 4. The van der Waals surface area contributed by atoms with Gasteiger partial charge in [-0.05, 0) is 17.6 Å². The van der Waals surface area contributed by atoms with E-state index in [2.05, 4.69) is 20.5 Å². The van der Waals surface area contributed by atoms with Crippen molar-refractivity contribution in [2.45, 2.75) is 13.0 Å². The third kappa shape index (κ3) is 1.99. The molecule has 1 aliphatic rings. The highest BCUT2D eigenvalue weighted by Crippen LogP contribution is 2.30. The molecule has 1 aromatic carbocycles. The van der Waals surface area contributed by atoms with Gasteiger partial charge in [-0.1, -0.05) is 0 Å². The van der Waals surface area contributed by atoms with Gasteiger partial charge in [-0.2, -0.15) is 0 Å². The molecule has 2 radical (unpaired) electrons. The molecule has 22 heavy (non-hydrogen) atoms. The molecule has 8 heteroatoms. The van der Waals surface area contributed by atoms with Crippen LogP contribution in [0.4, 0.5) is 10.3 Å². The number of hydrogen-bond acceptors (Lipinski definition) is 5. The molecule has 108 valence electrons. The smallest absolute Gasteiger partial charge is 0.210 e. The number of ether oxygens (including phenoxy) is 1. The monoisotopic (exact) mass is 295 g/mol. The SMILES string of the molecule is [B]c1cnc(NCc2c(F)ccc3c2CCO3)n2cnnc12. The summed E-state index contributed by atoms with van der Waals surface area (Å²) in [6.45, 7) is 0.879. The van der Waals surface area contributed by atoms with Crippen LogP contribution in [0.5, 0.6) is 5.75 Å². The summed E-state index contributed by atoms with van der Waals surface area (Å²) in [5, 5.41) is 10.8. The Balaban J connectivity index is 1.67. The van der Waals surface area contributed by atoms with Crippen LogP contribution in [0, 0.1) is 5.82 Å². The maximum Gasteiger partial charge on any atom is 0.210 e. The van der Waals surface area contributed by atoms with E-state index in [0.29, 0.717) is 42.2 Å². The second kappa shape index (κ2) is 4.97. The minimum absolute atomic E-state index is 0.257. The summed E-state index contributed by atoms with van der Waals surface area (Å²) in [6, 6.07) is 3.09. The number of anilines is 1. The molecule has 4 rings (SSSR count). The lowest BCUT2D eigenvalue weighted by Gasteiger charge is -2.11. The zero-order chi connectivity index (χ0) is 15.1. The fraction of sp³-hybridized carbons (Fsp3) is 0.214. The summed E-state index contributed by atoms with van der Waals surface area (Å²) >= 11 is 0. The van der Waals surface area contributed by atoms with Gasteiger partial charge in [-0.15, -0.1) is 10.2 Å². The van der Waals surface area contributed by atoms with Crippen LogP contribution in [-0.2, 0) is 13.0 Å².